The van der Waals surface area contributed by atoms with Gasteiger partial charge in [0.15, 0.2) is 0 Å². The van der Waals surface area contributed by atoms with E-state index >= 15 is 0 Å². The van der Waals surface area contributed by atoms with Crippen LogP contribution in [-0.2, 0) is 0 Å². The van der Waals surface area contributed by atoms with Gasteiger partial charge in [-0.25, -0.2) is 0 Å². The Labute approximate surface area is 68.0 Å². The van der Waals surface area contributed by atoms with Crippen molar-refractivity contribution in [2.75, 3.05) is 0 Å². The van der Waals surface area contributed by atoms with Gasteiger partial charge >= 0.3 is 0 Å². The molecular formula is C3H12IN4O+. The summed E-state index contributed by atoms with van der Waals surface area (Å²) >= 11 is 1.77. The standard InChI is InChI=1S/C3H12IN4O/c1-3(2,9)8(5,6)7-4/h7,9H,5-6H2,1-2H3/q+1. The Balaban J connectivity index is 4.14. The summed E-state index contributed by atoms with van der Waals surface area (Å²) in [5.41, 5.74) is -1.18. The molecule has 0 spiro atoms. The molecule has 0 aliphatic rings. The molecule has 56 valence electrons. The SMILES string of the molecule is CC(C)(O)[N+](N)(N)NI. The van der Waals surface area contributed by atoms with E-state index in [1.807, 2.05) is 0 Å². The molecule has 0 unspecified atom stereocenters. The Bertz CT molecular complexity index is 98.5. The molecule has 0 rings (SSSR count). The molecule has 0 radical (unpaired) electrons. The van der Waals surface area contributed by atoms with Crippen molar-refractivity contribution in [1.29, 1.82) is 0 Å². The lowest BCUT2D eigenvalue weighted by Gasteiger charge is -2.33. The normalized spacial score (nSPS) is 14.0. The summed E-state index contributed by atoms with van der Waals surface area (Å²) in [6.45, 7) is 3.03. The number of rotatable bonds is 2. The van der Waals surface area contributed by atoms with Crippen LogP contribution in [0.15, 0.2) is 0 Å². The first-order valence-electron chi connectivity index (χ1n) is 2.38. The monoisotopic (exact) mass is 247 g/mol. The molecule has 0 fully saturated rings. The summed E-state index contributed by atoms with van der Waals surface area (Å²) < 4.78 is 2.49. The van der Waals surface area contributed by atoms with E-state index in [1.54, 1.807) is 22.9 Å². The minimum absolute atomic E-state index is 0.618. The number of halogens is 1. The summed E-state index contributed by atoms with van der Waals surface area (Å²) in [7, 11) is 0. The maximum Gasteiger partial charge on any atom is 0.249 e. The third kappa shape index (κ3) is 2.32. The van der Waals surface area contributed by atoms with Crippen molar-refractivity contribution in [3.63, 3.8) is 0 Å². The van der Waals surface area contributed by atoms with Crippen LogP contribution >= 0.6 is 22.9 Å². The quantitative estimate of drug-likeness (QED) is 0.128. The minimum Gasteiger partial charge on any atom is -0.339 e. The highest BCUT2D eigenvalue weighted by Crippen LogP contribution is 2.07. The Morgan fingerprint density at radius 1 is 1.56 bits per heavy atom. The molecule has 5 nitrogen and oxygen atoms in total. The topological polar surface area (TPSA) is 84.3 Å². The van der Waals surface area contributed by atoms with Crippen molar-refractivity contribution in [2.24, 2.45) is 11.7 Å². The Hall–Kier alpha value is 0.530. The third-order valence-corrected chi connectivity index (χ3v) is 1.84. The van der Waals surface area contributed by atoms with Gasteiger partial charge in [-0.3, -0.25) is 0 Å². The molecule has 0 aliphatic carbocycles. The molecule has 0 aromatic heterocycles. The van der Waals surface area contributed by atoms with E-state index < -0.39 is 10.5 Å². The molecule has 0 heterocycles. The molecular weight excluding hydrogens is 235 g/mol. The van der Waals surface area contributed by atoms with Crippen molar-refractivity contribution < 1.29 is 9.92 Å². The first-order chi connectivity index (χ1) is 3.81. The highest BCUT2D eigenvalue weighted by Gasteiger charge is 2.37. The van der Waals surface area contributed by atoms with E-state index in [4.69, 9.17) is 11.7 Å². The Morgan fingerprint density at radius 2 is 1.89 bits per heavy atom. The molecule has 0 aromatic rings. The number of aliphatic hydroxyl groups is 1. The van der Waals surface area contributed by atoms with Crippen LogP contribution in [0.5, 0.6) is 0 Å². The third-order valence-electron chi connectivity index (χ3n) is 1.05. The first-order valence-corrected chi connectivity index (χ1v) is 3.45. The second-order valence-corrected chi connectivity index (χ2v) is 2.84. The Kier molecular flexibility index (Phi) is 2.80. The van der Waals surface area contributed by atoms with Crippen molar-refractivity contribution in [3.8, 4) is 0 Å². The fourth-order valence-corrected chi connectivity index (χ4v) is 0.694. The van der Waals surface area contributed by atoms with Crippen LogP contribution in [0, 0.1) is 0 Å². The zero-order valence-corrected chi connectivity index (χ0v) is 7.58. The predicted molar refractivity (Wildman–Crippen MR) is 42.1 cm³/mol. The molecule has 0 aliphatic heterocycles. The van der Waals surface area contributed by atoms with Crippen LogP contribution in [-0.4, -0.2) is 15.6 Å². The zero-order valence-electron chi connectivity index (χ0n) is 5.43. The molecule has 0 amide bonds. The van der Waals surface area contributed by atoms with Crippen molar-refractivity contribution in [2.45, 2.75) is 19.6 Å². The fourth-order valence-electron chi connectivity index (χ4n) is 0.103. The molecule has 0 aromatic carbocycles. The van der Waals surface area contributed by atoms with Gasteiger partial charge in [0.05, 0.1) is 22.9 Å². The van der Waals surface area contributed by atoms with Gasteiger partial charge in [0.25, 0.3) is 0 Å². The predicted octanol–water partition coefficient (Wildman–Crippen LogP) is -0.866. The lowest BCUT2D eigenvalue weighted by atomic mass is 10.3. The van der Waals surface area contributed by atoms with E-state index in [2.05, 4.69) is 3.64 Å². The van der Waals surface area contributed by atoms with Gasteiger partial charge in [-0.2, -0.15) is 0 Å². The maximum atomic E-state index is 9.20. The molecule has 0 saturated heterocycles. The maximum absolute atomic E-state index is 9.20. The lowest BCUT2D eigenvalue weighted by molar-refractivity contribution is -1.04. The van der Waals surface area contributed by atoms with Gasteiger partial charge in [-0.1, -0.05) is 8.45 Å². The fraction of sp³-hybridized carbons (Fsp3) is 1.00. The van der Waals surface area contributed by atoms with E-state index in [0.29, 0.717) is 0 Å². The van der Waals surface area contributed by atoms with Gasteiger partial charge in [0.1, 0.15) is 0 Å². The van der Waals surface area contributed by atoms with Crippen LogP contribution in [0.3, 0.4) is 0 Å². The number of hydrogen-bond donors (Lipinski definition) is 4. The second kappa shape index (κ2) is 2.64. The van der Waals surface area contributed by atoms with Crippen LogP contribution in [0.4, 0.5) is 0 Å². The smallest absolute Gasteiger partial charge is 0.249 e. The summed E-state index contributed by atoms with van der Waals surface area (Å²) in [6.07, 6.45) is 0. The van der Waals surface area contributed by atoms with Gasteiger partial charge in [-0.15, -0.1) is 11.7 Å². The van der Waals surface area contributed by atoms with Crippen molar-refractivity contribution in [3.05, 3.63) is 0 Å². The highest BCUT2D eigenvalue weighted by atomic mass is 127. The molecule has 0 saturated carbocycles. The highest BCUT2D eigenvalue weighted by molar-refractivity contribution is 14.1. The van der Waals surface area contributed by atoms with Crippen LogP contribution < -0.4 is 15.3 Å². The van der Waals surface area contributed by atoms with Gasteiger partial charge < -0.3 is 5.11 Å². The van der Waals surface area contributed by atoms with Gasteiger partial charge in [-0.05, 0) is 0 Å². The van der Waals surface area contributed by atoms with E-state index in [9.17, 15) is 5.11 Å². The van der Waals surface area contributed by atoms with Gasteiger partial charge in [0.2, 0.25) is 5.72 Å². The second-order valence-electron chi connectivity index (χ2n) is 2.36. The lowest BCUT2D eigenvalue weighted by Crippen LogP contribution is -2.75. The van der Waals surface area contributed by atoms with E-state index in [-0.39, 0.29) is 0 Å². The van der Waals surface area contributed by atoms with E-state index in [1.165, 1.54) is 13.8 Å². The molecule has 0 atom stereocenters. The summed E-state index contributed by atoms with van der Waals surface area (Å²) in [5, 5.41) is 9.20. The van der Waals surface area contributed by atoms with Crippen molar-refractivity contribution in [1.82, 2.24) is 3.64 Å². The molecule has 9 heavy (non-hydrogen) atoms. The summed E-state index contributed by atoms with van der Waals surface area (Å²) in [5.74, 6) is 10.7. The molecule has 6 N–H and O–H groups in total. The number of nitrogens with zero attached hydrogens (tertiary/aromatic N) is 1. The van der Waals surface area contributed by atoms with Crippen molar-refractivity contribution >= 4 is 22.9 Å². The number of nitrogens with two attached hydrogens (primary N) is 2. The number of nitrogens with one attached hydrogen (secondary N) is 1. The average molecular weight is 247 g/mol. The summed E-state index contributed by atoms with van der Waals surface area (Å²) in [6, 6.07) is 0. The molecule has 6 heteroatoms. The van der Waals surface area contributed by atoms with Crippen LogP contribution in [0.2, 0.25) is 0 Å². The zero-order chi connectivity index (χ0) is 7.71. The molecule has 0 bridgehead atoms. The number of quaternary nitrogens is 1. The van der Waals surface area contributed by atoms with E-state index in [0.717, 1.165) is 0 Å². The number of hydrogen-bond acceptors (Lipinski definition) is 4. The van der Waals surface area contributed by atoms with Crippen LogP contribution in [0.25, 0.3) is 0 Å². The minimum atomic E-state index is -1.18. The largest absolute Gasteiger partial charge is 0.339 e. The first kappa shape index (κ1) is 9.53. The van der Waals surface area contributed by atoms with Crippen LogP contribution in [0.1, 0.15) is 13.8 Å². The van der Waals surface area contributed by atoms with Gasteiger partial charge in [0, 0.05) is 13.8 Å². The Morgan fingerprint density at radius 3 is 1.89 bits per heavy atom. The average Bonchev–Trinajstić information content (AvgIpc) is 1.64. The summed E-state index contributed by atoms with van der Waals surface area (Å²) in [4.78, 5) is -0.618.